The summed E-state index contributed by atoms with van der Waals surface area (Å²) < 4.78 is 7.97. The van der Waals surface area contributed by atoms with Gasteiger partial charge in [0.2, 0.25) is 5.91 Å². The third-order valence-corrected chi connectivity index (χ3v) is 6.78. The van der Waals surface area contributed by atoms with Crippen molar-refractivity contribution in [2.24, 2.45) is 5.92 Å². The molecule has 2 aliphatic heterocycles. The Morgan fingerprint density at radius 2 is 1.83 bits per heavy atom. The van der Waals surface area contributed by atoms with Crippen LogP contribution in [0.3, 0.4) is 0 Å². The van der Waals surface area contributed by atoms with Crippen LogP contribution in [0.15, 0.2) is 36.5 Å². The molecule has 162 valence electrons. The number of benzene rings is 1. The quantitative estimate of drug-likeness (QED) is 0.683. The Labute approximate surface area is 180 Å². The number of likely N-dealkylation sites (tertiary alicyclic amines) is 1. The van der Waals surface area contributed by atoms with Gasteiger partial charge in [-0.3, -0.25) is 4.79 Å². The molecular formula is C25H35N3O2. The van der Waals surface area contributed by atoms with Gasteiger partial charge in [-0.15, -0.1) is 0 Å². The highest BCUT2D eigenvalue weighted by molar-refractivity contribution is 5.76. The molecule has 2 aromatic rings. The van der Waals surface area contributed by atoms with Crippen LogP contribution < -0.4 is 0 Å². The van der Waals surface area contributed by atoms with E-state index in [2.05, 4.69) is 40.7 Å². The first-order valence-electron chi connectivity index (χ1n) is 11.6. The first kappa shape index (κ1) is 21.1. The highest BCUT2D eigenvalue weighted by Crippen LogP contribution is 2.29. The van der Waals surface area contributed by atoms with Crippen molar-refractivity contribution in [3.05, 3.63) is 53.6 Å². The maximum Gasteiger partial charge on any atom is 0.222 e. The second kappa shape index (κ2) is 10.3. The van der Waals surface area contributed by atoms with E-state index in [1.165, 1.54) is 17.1 Å². The van der Waals surface area contributed by atoms with Gasteiger partial charge < -0.3 is 14.2 Å². The largest absolute Gasteiger partial charge is 0.381 e. The van der Waals surface area contributed by atoms with Crippen molar-refractivity contribution in [3.8, 4) is 0 Å². The lowest BCUT2D eigenvalue weighted by molar-refractivity contribution is -0.132. The Bertz CT molecular complexity index is 803. The fourth-order valence-electron chi connectivity index (χ4n) is 4.87. The highest BCUT2D eigenvalue weighted by Gasteiger charge is 2.26. The number of amides is 1. The third kappa shape index (κ3) is 5.31. The van der Waals surface area contributed by atoms with Crippen LogP contribution in [0, 0.1) is 12.8 Å². The van der Waals surface area contributed by atoms with Crippen LogP contribution in [-0.2, 0) is 22.5 Å². The molecule has 0 saturated carbocycles. The molecule has 0 aliphatic carbocycles. The van der Waals surface area contributed by atoms with Gasteiger partial charge in [0.1, 0.15) is 5.82 Å². The van der Waals surface area contributed by atoms with Gasteiger partial charge in [0.15, 0.2) is 0 Å². The molecule has 2 aliphatic rings. The van der Waals surface area contributed by atoms with Gasteiger partial charge in [-0.2, -0.15) is 0 Å². The van der Waals surface area contributed by atoms with Crippen LogP contribution in [0.1, 0.15) is 61.5 Å². The maximum absolute atomic E-state index is 12.6. The molecule has 0 spiro atoms. The molecule has 0 bridgehead atoms. The number of nitrogens with zero attached hydrogens (tertiary/aromatic N) is 3. The number of rotatable bonds is 7. The first-order valence-corrected chi connectivity index (χ1v) is 11.6. The van der Waals surface area contributed by atoms with Gasteiger partial charge in [-0.1, -0.05) is 30.3 Å². The van der Waals surface area contributed by atoms with Gasteiger partial charge in [0.05, 0.1) is 0 Å². The standard InChI is InChI=1S/C25H35N3O2/c1-20-18-26-25(23-12-16-30-17-13-23)28(20)19-22-10-14-27(15-11-22)24(29)9-5-8-21-6-3-2-4-7-21/h2-4,6-7,18,22-23H,5,8-17,19H2,1H3. The molecule has 0 atom stereocenters. The van der Waals surface area contributed by atoms with Gasteiger partial charge in [-0.05, 0) is 56.9 Å². The molecule has 2 saturated heterocycles. The fraction of sp³-hybridized carbons (Fsp3) is 0.600. The molecule has 4 rings (SSSR count). The third-order valence-electron chi connectivity index (χ3n) is 6.78. The average molecular weight is 410 g/mol. The summed E-state index contributed by atoms with van der Waals surface area (Å²) in [4.78, 5) is 19.5. The van der Waals surface area contributed by atoms with E-state index in [0.29, 0.717) is 24.2 Å². The number of piperidine rings is 1. The Hall–Kier alpha value is -2.14. The lowest BCUT2D eigenvalue weighted by atomic mass is 9.95. The van der Waals surface area contributed by atoms with E-state index >= 15 is 0 Å². The normalized spacial score (nSPS) is 18.6. The second-order valence-electron chi connectivity index (χ2n) is 8.92. The molecular weight excluding hydrogens is 374 g/mol. The Kier molecular flexibility index (Phi) is 7.21. The number of hydrogen-bond donors (Lipinski definition) is 0. The number of carbonyl (C=O) groups is 1. The van der Waals surface area contributed by atoms with Crippen LogP contribution in [0.5, 0.6) is 0 Å². The Balaban J connectivity index is 1.24. The van der Waals surface area contributed by atoms with Gasteiger partial charge in [-0.25, -0.2) is 4.98 Å². The van der Waals surface area contributed by atoms with Gasteiger partial charge >= 0.3 is 0 Å². The average Bonchev–Trinajstić information content (AvgIpc) is 3.15. The van der Waals surface area contributed by atoms with Crippen LogP contribution >= 0.6 is 0 Å². The van der Waals surface area contributed by atoms with Crippen molar-refractivity contribution < 1.29 is 9.53 Å². The first-order chi connectivity index (χ1) is 14.7. The molecule has 1 aromatic heterocycles. The van der Waals surface area contributed by atoms with Crippen molar-refractivity contribution in [2.75, 3.05) is 26.3 Å². The second-order valence-corrected chi connectivity index (χ2v) is 8.92. The summed E-state index contributed by atoms with van der Waals surface area (Å²) in [7, 11) is 0. The van der Waals surface area contributed by atoms with Crippen LogP contribution in [-0.4, -0.2) is 46.7 Å². The summed E-state index contributed by atoms with van der Waals surface area (Å²) in [5.41, 5.74) is 2.58. The monoisotopic (exact) mass is 409 g/mol. The molecule has 2 fully saturated rings. The molecule has 0 N–H and O–H groups in total. The predicted octanol–water partition coefficient (Wildman–Crippen LogP) is 4.35. The van der Waals surface area contributed by atoms with Gasteiger partial charge in [0, 0.05) is 57.1 Å². The summed E-state index contributed by atoms with van der Waals surface area (Å²) in [6.07, 6.45) is 8.94. The molecule has 1 amide bonds. The van der Waals surface area contributed by atoms with E-state index in [1.54, 1.807) is 0 Å². The van der Waals surface area contributed by atoms with Crippen molar-refractivity contribution >= 4 is 5.91 Å². The van der Waals surface area contributed by atoms with E-state index in [1.807, 2.05) is 12.3 Å². The van der Waals surface area contributed by atoms with E-state index in [9.17, 15) is 4.79 Å². The molecule has 5 heteroatoms. The fourth-order valence-corrected chi connectivity index (χ4v) is 4.87. The Morgan fingerprint density at radius 1 is 1.10 bits per heavy atom. The van der Waals surface area contributed by atoms with Crippen molar-refractivity contribution in [3.63, 3.8) is 0 Å². The number of aromatic nitrogens is 2. The molecule has 3 heterocycles. The Morgan fingerprint density at radius 3 is 2.57 bits per heavy atom. The summed E-state index contributed by atoms with van der Waals surface area (Å²) in [6, 6.07) is 10.5. The van der Waals surface area contributed by atoms with Crippen LogP contribution in [0.4, 0.5) is 0 Å². The number of ether oxygens (including phenoxy) is 1. The smallest absolute Gasteiger partial charge is 0.222 e. The maximum atomic E-state index is 12.6. The van der Waals surface area contributed by atoms with Crippen molar-refractivity contribution in [1.29, 1.82) is 0 Å². The molecule has 0 radical (unpaired) electrons. The van der Waals surface area contributed by atoms with Crippen molar-refractivity contribution in [2.45, 2.75) is 64.3 Å². The number of aryl methyl sites for hydroxylation is 2. The predicted molar refractivity (Wildman–Crippen MR) is 118 cm³/mol. The molecule has 30 heavy (non-hydrogen) atoms. The zero-order chi connectivity index (χ0) is 20.8. The lowest BCUT2D eigenvalue weighted by Gasteiger charge is -2.33. The summed E-state index contributed by atoms with van der Waals surface area (Å²) in [5.74, 6) is 2.73. The number of hydrogen-bond acceptors (Lipinski definition) is 3. The topological polar surface area (TPSA) is 47.4 Å². The minimum absolute atomic E-state index is 0.325. The zero-order valence-electron chi connectivity index (χ0n) is 18.3. The summed E-state index contributed by atoms with van der Waals surface area (Å²) in [6.45, 7) is 6.70. The minimum atomic E-state index is 0.325. The van der Waals surface area contributed by atoms with E-state index in [-0.39, 0.29) is 0 Å². The van der Waals surface area contributed by atoms with Gasteiger partial charge in [0.25, 0.3) is 0 Å². The zero-order valence-corrected chi connectivity index (χ0v) is 18.3. The van der Waals surface area contributed by atoms with E-state index in [4.69, 9.17) is 9.72 Å². The van der Waals surface area contributed by atoms with E-state index < -0.39 is 0 Å². The molecule has 0 unspecified atom stereocenters. The van der Waals surface area contributed by atoms with Crippen LogP contribution in [0.25, 0.3) is 0 Å². The van der Waals surface area contributed by atoms with E-state index in [0.717, 1.165) is 71.4 Å². The van der Waals surface area contributed by atoms with Crippen LogP contribution in [0.2, 0.25) is 0 Å². The molecule has 1 aromatic carbocycles. The summed E-state index contributed by atoms with van der Waals surface area (Å²) in [5, 5.41) is 0. The minimum Gasteiger partial charge on any atom is -0.381 e. The lowest BCUT2D eigenvalue weighted by Crippen LogP contribution is -2.39. The number of carbonyl (C=O) groups excluding carboxylic acids is 1. The number of imidazole rings is 1. The molecule has 5 nitrogen and oxygen atoms in total. The van der Waals surface area contributed by atoms with Crippen molar-refractivity contribution in [1.82, 2.24) is 14.5 Å². The summed E-state index contributed by atoms with van der Waals surface area (Å²) >= 11 is 0. The highest BCUT2D eigenvalue weighted by atomic mass is 16.5. The SMILES string of the molecule is Cc1cnc(C2CCOCC2)n1CC1CCN(C(=O)CCCc2ccccc2)CC1.